The first-order chi connectivity index (χ1) is 15.5. The third-order valence-corrected chi connectivity index (χ3v) is 6.16. The number of aromatic carboxylic acids is 1. The Morgan fingerprint density at radius 3 is 2.58 bits per heavy atom. The molecule has 0 aromatic heterocycles. The van der Waals surface area contributed by atoms with E-state index in [1.165, 1.54) is 12.1 Å². The molecule has 2 N–H and O–H groups in total. The van der Waals surface area contributed by atoms with E-state index in [1.807, 2.05) is 0 Å². The highest BCUT2D eigenvalue weighted by atomic mass is 32.2. The minimum atomic E-state index is -5.21. The summed E-state index contributed by atoms with van der Waals surface area (Å²) in [7, 11) is 0. The molecule has 3 atom stereocenters. The fourth-order valence-corrected chi connectivity index (χ4v) is 4.53. The van der Waals surface area contributed by atoms with Crippen LogP contribution in [-0.4, -0.2) is 38.5 Å². The maximum Gasteiger partial charge on any atom is 0.471 e. The molecule has 2 aliphatic rings. The number of amides is 1. The van der Waals surface area contributed by atoms with E-state index >= 15 is 0 Å². The van der Waals surface area contributed by atoms with Crippen LogP contribution in [0.15, 0.2) is 30.3 Å². The number of anilines is 2. The van der Waals surface area contributed by atoms with Gasteiger partial charge in [-0.25, -0.2) is 9.18 Å². The van der Waals surface area contributed by atoms with Gasteiger partial charge in [-0.05, 0) is 47.7 Å². The van der Waals surface area contributed by atoms with Crippen molar-refractivity contribution in [2.45, 2.75) is 25.1 Å². The maximum absolute atomic E-state index is 13.8. The van der Waals surface area contributed by atoms with Gasteiger partial charge in [-0.1, -0.05) is 6.07 Å². The lowest BCUT2D eigenvalue weighted by atomic mass is 9.99. The third kappa shape index (κ3) is 4.37. The number of nitrogens with zero attached hydrogens (tertiary/aromatic N) is 1. The molecule has 1 fully saturated rings. The molecule has 1 aliphatic heterocycles. The lowest BCUT2D eigenvalue weighted by Crippen LogP contribution is -2.36. The Hall–Kier alpha value is -3.19. The van der Waals surface area contributed by atoms with Crippen LogP contribution in [0.1, 0.15) is 33.8 Å². The van der Waals surface area contributed by atoms with Crippen LogP contribution in [0, 0.1) is 11.7 Å². The molecule has 1 saturated carbocycles. The van der Waals surface area contributed by atoms with Crippen molar-refractivity contribution in [3.63, 3.8) is 0 Å². The highest BCUT2D eigenvalue weighted by Crippen LogP contribution is 2.56. The predicted octanol–water partition coefficient (Wildman–Crippen LogP) is 3.13. The Bertz CT molecular complexity index is 1170. The minimum absolute atomic E-state index is 0.0169. The number of carboxylic acids is 1. The molecule has 1 heterocycles. The molecule has 2 aromatic carbocycles. The Labute approximate surface area is 186 Å². The van der Waals surface area contributed by atoms with Gasteiger partial charge in [-0.3, -0.25) is 13.3 Å². The highest BCUT2D eigenvalue weighted by Gasteiger charge is 2.45. The number of halogens is 4. The van der Waals surface area contributed by atoms with Gasteiger partial charge in [0.25, 0.3) is 0 Å². The van der Waals surface area contributed by atoms with E-state index in [1.54, 1.807) is 5.32 Å². The molecular formula is C20H15F4N2O6S-. The van der Waals surface area contributed by atoms with Gasteiger partial charge in [-0.2, -0.15) is 13.2 Å². The van der Waals surface area contributed by atoms with Crippen molar-refractivity contribution in [3.05, 3.63) is 52.8 Å². The lowest BCUT2D eigenvalue weighted by Gasteiger charge is -2.31. The second-order valence-electron chi connectivity index (χ2n) is 7.56. The fourth-order valence-electron chi connectivity index (χ4n) is 3.87. The predicted molar refractivity (Wildman–Crippen MR) is 105 cm³/mol. The minimum Gasteiger partial charge on any atom is -0.755 e. The fraction of sp³-hybridized carbons (Fsp3) is 0.300. The van der Waals surface area contributed by atoms with Crippen molar-refractivity contribution >= 4 is 34.5 Å². The SMILES string of the molecule is O=C(O)c1c(N(c2ccc(F)cc2CNC(=O)C(F)(F)F)S(=O)[O-])ccc2c1OC[C@@H]1C[C@H]21. The summed E-state index contributed by atoms with van der Waals surface area (Å²) in [6.07, 6.45) is -4.40. The molecule has 1 amide bonds. The van der Waals surface area contributed by atoms with Gasteiger partial charge in [0.1, 0.15) is 17.1 Å². The van der Waals surface area contributed by atoms with Crippen molar-refractivity contribution < 1.29 is 45.8 Å². The highest BCUT2D eigenvalue weighted by molar-refractivity contribution is 7.81. The topological polar surface area (TPSA) is 119 Å². The van der Waals surface area contributed by atoms with E-state index in [0.29, 0.717) is 9.87 Å². The number of hydrogen-bond acceptors (Lipinski definition) is 5. The number of carbonyl (C=O) groups is 2. The summed E-state index contributed by atoms with van der Waals surface area (Å²) in [6, 6.07) is 5.35. The van der Waals surface area contributed by atoms with Crippen molar-refractivity contribution in [1.29, 1.82) is 0 Å². The molecule has 0 spiro atoms. The summed E-state index contributed by atoms with van der Waals surface area (Å²) in [4.78, 5) is 23.3. The van der Waals surface area contributed by atoms with Crippen molar-refractivity contribution in [2.24, 2.45) is 5.92 Å². The zero-order valence-corrected chi connectivity index (χ0v) is 17.3. The number of fused-ring (bicyclic) bond motifs is 3. The van der Waals surface area contributed by atoms with E-state index < -0.39 is 47.2 Å². The van der Waals surface area contributed by atoms with Crippen LogP contribution in [-0.2, 0) is 22.6 Å². The van der Waals surface area contributed by atoms with E-state index in [2.05, 4.69) is 0 Å². The molecule has 8 nitrogen and oxygen atoms in total. The number of hydrogen-bond donors (Lipinski definition) is 2. The molecule has 1 unspecified atom stereocenters. The number of carbonyl (C=O) groups excluding carboxylic acids is 1. The molecule has 33 heavy (non-hydrogen) atoms. The van der Waals surface area contributed by atoms with Crippen LogP contribution in [0.2, 0.25) is 0 Å². The smallest absolute Gasteiger partial charge is 0.471 e. The van der Waals surface area contributed by atoms with Gasteiger partial charge in [-0.15, -0.1) is 0 Å². The first-order valence-electron chi connectivity index (χ1n) is 9.55. The molecule has 1 aliphatic carbocycles. The van der Waals surface area contributed by atoms with Crippen molar-refractivity contribution in [2.75, 3.05) is 10.9 Å². The van der Waals surface area contributed by atoms with Crippen molar-refractivity contribution in [1.82, 2.24) is 5.32 Å². The first kappa shape index (κ1) is 23.0. The summed E-state index contributed by atoms with van der Waals surface area (Å²) in [5, 5.41) is 11.4. The Balaban J connectivity index is 1.80. The average Bonchev–Trinajstić information content (AvgIpc) is 3.52. The van der Waals surface area contributed by atoms with Crippen molar-refractivity contribution in [3.8, 4) is 5.75 Å². The second-order valence-corrected chi connectivity index (χ2v) is 8.36. The molecular weight excluding hydrogens is 472 g/mol. The average molecular weight is 487 g/mol. The normalized spacial score (nSPS) is 19.5. The number of ether oxygens (including phenoxy) is 1. The maximum atomic E-state index is 13.8. The van der Waals surface area contributed by atoms with E-state index in [0.717, 1.165) is 24.6 Å². The number of alkyl halides is 3. The molecule has 13 heteroatoms. The molecule has 0 radical (unpaired) electrons. The zero-order valence-electron chi connectivity index (χ0n) is 16.5. The Morgan fingerprint density at radius 2 is 1.94 bits per heavy atom. The second kappa shape index (κ2) is 8.30. The van der Waals surface area contributed by atoms with Gasteiger partial charge < -0.3 is 19.7 Å². The van der Waals surface area contributed by atoms with Gasteiger partial charge in [0.15, 0.2) is 0 Å². The van der Waals surface area contributed by atoms with E-state index in [9.17, 15) is 41.0 Å². The van der Waals surface area contributed by atoms with E-state index in [4.69, 9.17) is 4.74 Å². The monoisotopic (exact) mass is 487 g/mol. The van der Waals surface area contributed by atoms with Crippen LogP contribution in [0.3, 0.4) is 0 Å². The molecule has 0 saturated heterocycles. The van der Waals surface area contributed by atoms with Crippen LogP contribution < -0.4 is 14.4 Å². The quantitative estimate of drug-likeness (QED) is 0.478. The van der Waals surface area contributed by atoms with Gasteiger partial charge in [0, 0.05) is 12.5 Å². The van der Waals surface area contributed by atoms with E-state index in [-0.39, 0.29) is 41.1 Å². The van der Waals surface area contributed by atoms with Gasteiger partial charge >= 0.3 is 18.1 Å². The summed E-state index contributed by atoms with van der Waals surface area (Å²) in [5.41, 5.74) is -0.829. The van der Waals surface area contributed by atoms with Gasteiger partial charge in [0.2, 0.25) is 0 Å². The number of rotatable bonds is 6. The largest absolute Gasteiger partial charge is 0.755 e. The summed E-state index contributed by atoms with van der Waals surface area (Å²) < 4.78 is 81.9. The van der Waals surface area contributed by atoms with Crippen LogP contribution in [0.5, 0.6) is 5.75 Å². The number of nitrogens with one attached hydrogen (secondary N) is 1. The molecule has 0 bridgehead atoms. The zero-order chi connectivity index (χ0) is 24.1. The Kier molecular flexibility index (Phi) is 5.78. The third-order valence-electron chi connectivity index (χ3n) is 5.47. The van der Waals surface area contributed by atoms with Crippen LogP contribution >= 0.6 is 0 Å². The first-order valence-corrected chi connectivity index (χ1v) is 10.6. The summed E-state index contributed by atoms with van der Waals surface area (Å²) in [6.45, 7) is -0.597. The summed E-state index contributed by atoms with van der Waals surface area (Å²) in [5.74, 6) is -4.31. The Morgan fingerprint density at radius 1 is 1.24 bits per heavy atom. The lowest BCUT2D eigenvalue weighted by molar-refractivity contribution is -0.173. The molecule has 2 aromatic rings. The molecule has 176 valence electrons. The number of carboxylic acid groups (broad SMARTS) is 1. The van der Waals surface area contributed by atoms with Gasteiger partial charge in [0.05, 0.1) is 29.2 Å². The van der Waals surface area contributed by atoms with Crippen LogP contribution in [0.4, 0.5) is 28.9 Å². The standard InChI is InChI=1S/C20H16F4N2O6S/c21-11-1-3-14(9(5-11)7-25-19(29)20(22,23)24)26(33(30)31)15-4-2-12-13-6-10(13)8-32-17(12)16(15)18(27)28/h1-5,10,13H,6-8H2,(H,25,29)(H,27,28)(H,30,31)/p-1/t10-,13-/m0/s1. The molecule has 4 rings (SSSR count). The number of benzene rings is 2. The summed E-state index contributed by atoms with van der Waals surface area (Å²) >= 11 is -3.17. The van der Waals surface area contributed by atoms with Crippen LogP contribution in [0.25, 0.3) is 0 Å².